The van der Waals surface area contributed by atoms with E-state index in [9.17, 15) is 4.79 Å². The van der Waals surface area contributed by atoms with Gasteiger partial charge in [-0.3, -0.25) is 9.78 Å². The van der Waals surface area contributed by atoms with Gasteiger partial charge < -0.3 is 19.5 Å². The normalized spacial score (nSPS) is 10.5. The van der Waals surface area contributed by atoms with E-state index in [1.54, 1.807) is 43.8 Å². The summed E-state index contributed by atoms with van der Waals surface area (Å²) in [7, 11) is 4.68. The van der Waals surface area contributed by atoms with Gasteiger partial charge in [0, 0.05) is 30.1 Å². The summed E-state index contributed by atoms with van der Waals surface area (Å²) in [5.74, 6) is 2.07. The molecule has 0 aliphatic rings. The maximum atomic E-state index is 13.4. The van der Waals surface area contributed by atoms with Crippen LogP contribution in [0.5, 0.6) is 17.2 Å². The first-order valence-corrected chi connectivity index (χ1v) is 10.1. The molecule has 0 aliphatic heterocycles. The van der Waals surface area contributed by atoms with E-state index in [2.05, 4.69) is 20.4 Å². The lowest BCUT2D eigenvalue weighted by Gasteiger charge is -2.10. The number of pyridine rings is 1. The number of aromatic nitrogens is 4. The topological polar surface area (TPSA) is 100 Å². The molecule has 0 atom stereocenters. The van der Waals surface area contributed by atoms with Gasteiger partial charge in [-0.25, -0.2) is 0 Å². The second-order valence-electron chi connectivity index (χ2n) is 6.99. The predicted molar refractivity (Wildman–Crippen MR) is 123 cm³/mol. The highest BCUT2D eigenvalue weighted by Crippen LogP contribution is 2.28. The Hall–Kier alpha value is -4.40. The fourth-order valence-electron chi connectivity index (χ4n) is 3.20. The predicted octanol–water partition coefficient (Wildman–Crippen LogP) is 3.67. The van der Waals surface area contributed by atoms with Crippen molar-refractivity contribution in [3.05, 3.63) is 78.1 Å². The quantitative estimate of drug-likeness (QED) is 0.439. The number of nitrogens with zero attached hydrogens (tertiary/aromatic N) is 4. The molecular formula is C24H23N5O4. The van der Waals surface area contributed by atoms with Crippen LogP contribution in [0, 0.1) is 0 Å². The Morgan fingerprint density at radius 3 is 2.42 bits per heavy atom. The fourth-order valence-corrected chi connectivity index (χ4v) is 3.20. The van der Waals surface area contributed by atoms with Crippen molar-refractivity contribution in [3.63, 3.8) is 0 Å². The maximum absolute atomic E-state index is 13.4. The van der Waals surface area contributed by atoms with Gasteiger partial charge >= 0.3 is 0 Å². The number of benzene rings is 2. The Balaban J connectivity index is 1.67. The van der Waals surface area contributed by atoms with Crippen molar-refractivity contribution in [1.29, 1.82) is 0 Å². The summed E-state index contributed by atoms with van der Waals surface area (Å²) >= 11 is 0. The van der Waals surface area contributed by atoms with Gasteiger partial charge in [0.1, 0.15) is 5.75 Å². The second-order valence-corrected chi connectivity index (χ2v) is 6.99. The third-order valence-electron chi connectivity index (χ3n) is 4.96. The number of nitrogens with one attached hydrogen (secondary N) is 1. The number of anilines is 1. The molecule has 0 amide bonds. The molecule has 0 fully saturated rings. The molecule has 4 rings (SSSR count). The molecule has 2 heterocycles. The molecule has 0 spiro atoms. The van der Waals surface area contributed by atoms with Gasteiger partial charge in [0.05, 0.1) is 21.3 Å². The lowest BCUT2D eigenvalue weighted by Crippen LogP contribution is -2.17. The molecule has 0 saturated heterocycles. The number of hydrogen-bond donors (Lipinski definition) is 1. The molecule has 0 radical (unpaired) electrons. The monoisotopic (exact) mass is 445 g/mol. The van der Waals surface area contributed by atoms with Crippen LogP contribution in [0.25, 0.3) is 11.4 Å². The lowest BCUT2D eigenvalue weighted by atomic mass is 10.2. The molecule has 4 aromatic rings. The van der Waals surface area contributed by atoms with E-state index in [0.29, 0.717) is 40.9 Å². The number of carbonyl (C=O) groups is 1. The smallest absolute Gasteiger partial charge is 0.281 e. The number of methoxy groups -OCH3 is 3. The minimum absolute atomic E-state index is 0.310. The van der Waals surface area contributed by atoms with Gasteiger partial charge in [0.25, 0.3) is 5.91 Å². The summed E-state index contributed by atoms with van der Waals surface area (Å²) in [6.07, 6.45) is 3.31. The van der Waals surface area contributed by atoms with Crippen LogP contribution >= 0.6 is 0 Å². The van der Waals surface area contributed by atoms with E-state index in [1.165, 1.54) is 18.9 Å². The molecule has 33 heavy (non-hydrogen) atoms. The molecule has 9 heteroatoms. The zero-order chi connectivity index (χ0) is 23.2. The van der Waals surface area contributed by atoms with Crippen LogP contribution in [-0.2, 0) is 6.54 Å². The molecular weight excluding hydrogens is 422 g/mol. The molecule has 0 aliphatic carbocycles. The van der Waals surface area contributed by atoms with Gasteiger partial charge in [0.2, 0.25) is 5.95 Å². The highest BCUT2D eigenvalue weighted by molar-refractivity contribution is 5.97. The Morgan fingerprint density at radius 1 is 0.970 bits per heavy atom. The van der Waals surface area contributed by atoms with Gasteiger partial charge in [-0.15, -0.1) is 5.10 Å². The zero-order valence-electron chi connectivity index (χ0n) is 18.5. The van der Waals surface area contributed by atoms with Crippen molar-refractivity contribution in [2.75, 3.05) is 26.6 Å². The first-order valence-electron chi connectivity index (χ1n) is 10.1. The summed E-state index contributed by atoms with van der Waals surface area (Å²) in [5.41, 5.74) is 2.07. The van der Waals surface area contributed by atoms with Crippen LogP contribution in [0.2, 0.25) is 0 Å². The van der Waals surface area contributed by atoms with Crippen molar-refractivity contribution in [2.45, 2.75) is 6.54 Å². The van der Waals surface area contributed by atoms with E-state index in [-0.39, 0.29) is 5.91 Å². The Kier molecular flexibility index (Phi) is 6.49. The Labute approximate surface area is 191 Å². The van der Waals surface area contributed by atoms with E-state index in [0.717, 1.165) is 11.3 Å². The molecule has 2 aromatic heterocycles. The van der Waals surface area contributed by atoms with E-state index in [4.69, 9.17) is 14.2 Å². The molecule has 0 bridgehead atoms. The molecule has 2 aromatic carbocycles. The fraction of sp³-hybridized carbons (Fsp3) is 0.167. The van der Waals surface area contributed by atoms with E-state index >= 15 is 0 Å². The zero-order valence-corrected chi connectivity index (χ0v) is 18.5. The highest BCUT2D eigenvalue weighted by atomic mass is 16.5. The Morgan fingerprint density at radius 2 is 1.76 bits per heavy atom. The third kappa shape index (κ3) is 4.77. The summed E-state index contributed by atoms with van der Waals surface area (Å²) < 4.78 is 17.0. The average Bonchev–Trinajstić information content (AvgIpc) is 3.31. The van der Waals surface area contributed by atoms with Crippen LogP contribution in [-0.4, -0.2) is 47.0 Å². The number of hydrogen-bond acceptors (Lipinski definition) is 8. The molecule has 9 nitrogen and oxygen atoms in total. The molecule has 1 N–H and O–H groups in total. The molecule has 168 valence electrons. The van der Waals surface area contributed by atoms with Gasteiger partial charge in [-0.2, -0.15) is 9.67 Å². The van der Waals surface area contributed by atoms with E-state index < -0.39 is 0 Å². The highest BCUT2D eigenvalue weighted by Gasteiger charge is 2.20. The first-order chi connectivity index (χ1) is 16.1. The summed E-state index contributed by atoms with van der Waals surface area (Å²) in [4.78, 5) is 22.0. The average molecular weight is 445 g/mol. The van der Waals surface area contributed by atoms with Crippen LogP contribution in [0.15, 0.2) is 67.0 Å². The van der Waals surface area contributed by atoms with Crippen LogP contribution in [0.1, 0.15) is 15.9 Å². The van der Waals surface area contributed by atoms with Crippen molar-refractivity contribution in [1.82, 2.24) is 19.7 Å². The largest absolute Gasteiger partial charge is 0.497 e. The molecule has 0 saturated carbocycles. The van der Waals surface area contributed by atoms with E-state index in [1.807, 2.05) is 30.3 Å². The van der Waals surface area contributed by atoms with Crippen LogP contribution in [0.3, 0.4) is 0 Å². The summed E-state index contributed by atoms with van der Waals surface area (Å²) in [6, 6.07) is 16.2. The van der Waals surface area contributed by atoms with Gasteiger partial charge in [0.15, 0.2) is 17.3 Å². The minimum Gasteiger partial charge on any atom is -0.497 e. The van der Waals surface area contributed by atoms with Crippen molar-refractivity contribution < 1.29 is 19.0 Å². The first kappa shape index (κ1) is 21.8. The number of carbonyl (C=O) groups excluding carboxylic acids is 1. The minimum atomic E-state index is -0.365. The van der Waals surface area contributed by atoms with Crippen molar-refractivity contribution in [2.24, 2.45) is 0 Å². The summed E-state index contributed by atoms with van der Waals surface area (Å²) in [5, 5.41) is 7.67. The third-order valence-corrected chi connectivity index (χ3v) is 4.96. The van der Waals surface area contributed by atoms with Crippen molar-refractivity contribution >= 4 is 11.9 Å². The lowest BCUT2D eigenvalue weighted by molar-refractivity contribution is 0.0947. The van der Waals surface area contributed by atoms with Crippen LogP contribution < -0.4 is 19.5 Å². The molecule has 0 unspecified atom stereocenters. The van der Waals surface area contributed by atoms with Gasteiger partial charge in [-0.05, 0) is 48.0 Å². The Bertz CT molecular complexity index is 1240. The van der Waals surface area contributed by atoms with Gasteiger partial charge in [-0.1, -0.05) is 12.1 Å². The second kappa shape index (κ2) is 9.82. The van der Waals surface area contributed by atoms with Crippen LogP contribution in [0.4, 0.5) is 5.95 Å². The SMILES string of the molecule is COc1ccc(CNc2nc(-c3cccnc3)nn2C(=O)c2ccc(OC)c(OC)c2)cc1. The summed E-state index contributed by atoms with van der Waals surface area (Å²) in [6.45, 7) is 0.439. The number of rotatable bonds is 8. The number of ether oxygens (including phenoxy) is 3. The maximum Gasteiger partial charge on any atom is 0.281 e. The standard InChI is InChI=1S/C24H23N5O4/c1-31-19-9-6-16(7-10-19)14-26-24-27-22(18-5-4-12-25-15-18)28-29(24)23(30)17-8-11-20(32-2)21(13-17)33-3/h4-13,15H,14H2,1-3H3,(H,26,27,28). The van der Waals surface area contributed by atoms with Crippen molar-refractivity contribution in [3.8, 4) is 28.6 Å².